The van der Waals surface area contributed by atoms with E-state index < -0.39 is 13.5 Å². The summed E-state index contributed by atoms with van der Waals surface area (Å²) in [6.45, 7) is 1.90. The number of hydrogen-bond donors (Lipinski definition) is 1. The largest absolute Gasteiger partial charge is 0.461 e. The maximum absolute atomic E-state index is 12.7. The molecule has 2 aliphatic rings. The Hall–Kier alpha value is -1.16. The van der Waals surface area contributed by atoms with Crippen LogP contribution < -0.4 is 0 Å². The first-order chi connectivity index (χ1) is 10.5. The van der Waals surface area contributed by atoms with Crippen LogP contribution in [-0.2, 0) is 25.2 Å². The predicted molar refractivity (Wildman–Crippen MR) is 81.7 cm³/mol. The molecule has 0 aromatic heterocycles. The molecule has 3 rings (SSSR count). The molecule has 5 nitrogen and oxygen atoms in total. The lowest BCUT2D eigenvalue weighted by Crippen LogP contribution is -2.15. The van der Waals surface area contributed by atoms with Crippen molar-refractivity contribution in [3.05, 3.63) is 35.9 Å². The zero-order valence-corrected chi connectivity index (χ0v) is 13.4. The molecule has 0 spiro atoms. The first kappa shape index (κ1) is 15.7. The quantitative estimate of drug-likeness (QED) is 0.643. The number of rotatable bonds is 6. The van der Waals surface area contributed by atoms with Gasteiger partial charge in [-0.05, 0) is 24.8 Å². The molecule has 1 saturated heterocycles. The number of benzene rings is 1. The first-order valence-corrected chi connectivity index (χ1v) is 9.51. The van der Waals surface area contributed by atoms with Crippen LogP contribution in [0.3, 0.4) is 0 Å². The summed E-state index contributed by atoms with van der Waals surface area (Å²) >= 11 is 0. The summed E-state index contributed by atoms with van der Waals surface area (Å²) in [6, 6.07) is 9.50. The van der Waals surface area contributed by atoms with Gasteiger partial charge in [0.05, 0.1) is 24.3 Å². The van der Waals surface area contributed by atoms with E-state index in [2.05, 4.69) is 0 Å². The van der Waals surface area contributed by atoms with E-state index in [1.54, 1.807) is 6.92 Å². The lowest BCUT2D eigenvalue weighted by Gasteiger charge is -2.17. The van der Waals surface area contributed by atoms with Gasteiger partial charge in [-0.2, -0.15) is 0 Å². The molecule has 0 bridgehead atoms. The lowest BCUT2D eigenvalue weighted by molar-refractivity contribution is -0.147. The van der Waals surface area contributed by atoms with Crippen molar-refractivity contribution >= 4 is 13.3 Å². The van der Waals surface area contributed by atoms with Crippen molar-refractivity contribution in [2.45, 2.75) is 31.7 Å². The van der Waals surface area contributed by atoms with Crippen LogP contribution >= 0.6 is 7.37 Å². The summed E-state index contributed by atoms with van der Waals surface area (Å²) < 4.78 is 23.5. The number of carbonyl (C=O) groups is 1. The zero-order valence-electron chi connectivity index (χ0n) is 12.6. The molecule has 2 fully saturated rings. The molecule has 4 unspecified atom stereocenters. The van der Waals surface area contributed by atoms with Crippen molar-refractivity contribution < 1.29 is 23.7 Å². The van der Waals surface area contributed by atoms with Gasteiger partial charge in [0.1, 0.15) is 6.61 Å². The van der Waals surface area contributed by atoms with Gasteiger partial charge in [0.25, 0.3) is 0 Å². The summed E-state index contributed by atoms with van der Waals surface area (Å²) in [6.07, 6.45) is 0.608. The molecule has 1 N–H and O–H groups in total. The van der Waals surface area contributed by atoms with Gasteiger partial charge in [0, 0.05) is 6.16 Å². The van der Waals surface area contributed by atoms with Gasteiger partial charge in [-0.3, -0.25) is 9.36 Å². The number of esters is 1. The fourth-order valence-electron chi connectivity index (χ4n) is 3.24. The molecular formula is C16H21O5P. The van der Waals surface area contributed by atoms with Gasteiger partial charge in [-0.1, -0.05) is 30.3 Å². The maximum Gasteiger partial charge on any atom is 0.310 e. The molecule has 120 valence electrons. The van der Waals surface area contributed by atoms with Crippen LogP contribution in [0.25, 0.3) is 0 Å². The first-order valence-electron chi connectivity index (χ1n) is 7.63. The second-order valence-corrected chi connectivity index (χ2v) is 8.91. The molecule has 1 heterocycles. The average Bonchev–Trinajstić information content (AvgIpc) is 3.16. The zero-order chi connectivity index (χ0) is 15.7. The van der Waals surface area contributed by atoms with E-state index in [1.807, 2.05) is 30.3 Å². The monoisotopic (exact) mass is 324 g/mol. The van der Waals surface area contributed by atoms with Crippen molar-refractivity contribution in [2.24, 2.45) is 11.8 Å². The van der Waals surface area contributed by atoms with E-state index in [4.69, 9.17) is 9.26 Å². The lowest BCUT2D eigenvalue weighted by atomic mass is 10.2. The molecule has 1 aliphatic heterocycles. The standard InChI is InChI=1S/C16H21O5P/c1-11(17)9-21-22(19)8-7-13-14(15(13)22)16(18)20-10-12-5-3-2-4-6-12/h2-6,11,13-15,17H,7-10H2,1H3/t11?,13-,14?,15?,22?/m0/s1. The summed E-state index contributed by atoms with van der Waals surface area (Å²) in [7, 11) is -2.81. The minimum atomic E-state index is -2.81. The molecule has 1 aliphatic carbocycles. The SMILES string of the molecule is CC(O)COP1(=O)CC[C@H]2C(C(=O)OCc3ccccc3)C21. The maximum atomic E-state index is 12.7. The number of aliphatic hydroxyl groups is 1. The topological polar surface area (TPSA) is 72.8 Å². The Morgan fingerprint density at radius 1 is 1.41 bits per heavy atom. The highest BCUT2D eigenvalue weighted by atomic mass is 31.2. The van der Waals surface area contributed by atoms with E-state index in [0.29, 0.717) is 6.16 Å². The highest BCUT2D eigenvalue weighted by Gasteiger charge is 2.68. The summed E-state index contributed by atoms with van der Waals surface area (Å²) in [5.41, 5.74) is 0.740. The Balaban J connectivity index is 1.54. The fraction of sp³-hybridized carbons (Fsp3) is 0.562. The van der Waals surface area contributed by atoms with Crippen molar-refractivity contribution in [3.8, 4) is 0 Å². The molecular weight excluding hydrogens is 303 g/mol. The fourth-order valence-corrected chi connectivity index (χ4v) is 6.62. The normalized spacial score (nSPS) is 34.0. The van der Waals surface area contributed by atoms with Crippen molar-refractivity contribution in [1.29, 1.82) is 0 Å². The second-order valence-electron chi connectivity index (χ2n) is 6.16. The van der Waals surface area contributed by atoms with E-state index in [1.165, 1.54) is 0 Å². The molecule has 5 atom stereocenters. The van der Waals surface area contributed by atoms with Gasteiger partial charge in [-0.25, -0.2) is 0 Å². The summed E-state index contributed by atoms with van der Waals surface area (Å²) in [5.74, 6) is -0.445. The van der Waals surface area contributed by atoms with Gasteiger partial charge in [0.15, 0.2) is 0 Å². The minimum Gasteiger partial charge on any atom is -0.461 e. The molecule has 1 saturated carbocycles. The van der Waals surface area contributed by atoms with Crippen LogP contribution in [0.2, 0.25) is 0 Å². The van der Waals surface area contributed by atoms with Crippen molar-refractivity contribution in [3.63, 3.8) is 0 Å². The summed E-state index contributed by atoms with van der Waals surface area (Å²) in [4.78, 5) is 12.2. The minimum absolute atomic E-state index is 0.0618. The Labute approximate surface area is 130 Å². The Morgan fingerprint density at radius 2 is 2.14 bits per heavy atom. The van der Waals surface area contributed by atoms with E-state index in [0.717, 1.165) is 12.0 Å². The number of hydrogen-bond acceptors (Lipinski definition) is 5. The van der Waals surface area contributed by atoms with Crippen LogP contribution in [0.5, 0.6) is 0 Å². The van der Waals surface area contributed by atoms with Crippen LogP contribution in [0.1, 0.15) is 18.9 Å². The third-order valence-electron chi connectivity index (χ3n) is 4.39. The van der Waals surface area contributed by atoms with Gasteiger partial charge >= 0.3 is 5.97 Å². The van der Waals surface area contributed by atoms with Crippen LogP contribution in [0, 0.1) is 11.8 Å². The molecule has 0 radical (unpaired) electrons. The molecule has 1 aromatic carbocycles. The van der Waals surface area contributed by atoms with E-state index in [-0.39, 0.29) is 36.7 Å². The highest BCUT2D eigenvalue weighted by Crippen LogP contribution is 2.74. The summed E-state index contributed by atoms with van der Waals surface area (Å²) in [5, 5.41) is 9.27. The number of ether oxygens (including phenoxy) is 1. The molecule has 6 heteroatoms. The third kappa shape index (κ3) is 3.12. The molecule has 0 amide bonds. The Morgan fingerprint density at radius 3 is 2.82 bits per heavy atom. The molecule has 1 aromatic rings. The predicted octanol–water partition coefficient (Wildman–Crippen LogP) is 2.42. The number of fused-ring (bicyclic) bond motifs is 1. The Kier molecular flexibility index (Phi) is 4.40. The average molecular weight is 324 g/mol. The van der Waals surface area contributed by atoms with Gasteiger partial charge < -0.3 is 14.4 Å². The van der Waals surface area contributed by atoms with E-state index in [9.17, 15) is 14.5 Å². The smallest absolute Gasteiger partial charge is 0.310 e. The van der Waals surface area contributed by atoms with Crippen molar-refractivity contribution in [2.75, 3.05) is 12.8 Å². The number of aliphatic hydroxyl groups excluding tert-OH is 1. The number of carbonyl (C=O) groups excluding carboxylic acids is 1. The van der Waals surface area contributed by atoms with Crippen LogP contribution in [0.4, 0.5) is 0 Å². The third-order valence-corrected chi connectivity index (χ3v) is 7.47. The van der Waals surface area contributed by atoms with Crippen LogP contribution in [0.15, 0.2) is 30.3 Å². The highest BCUT2D eigenvalue weighted by molar-refractivity contribution is 7.60. The Bertz CT molecular complexity index is 585. The molecule has 22 heavy (non-hydrogen) atoms. The van der Waals surface area contributed by atoms with Gasteiger partial charge in [0.2, 0.25) is 7.37 Å². The van der Waals surface area contributed by atoms with Gasteiger partial charge in [-0.15, -0.1) is 0 Å². The van der Waals surface area contributed by atoms with Crippen LogP contribution in [-0.4, -0.2) is 35.6 Å². The van der Waals surface area contributed by atoms with E-state index >= 15 is 0 Å². The second kappa shape index (κ2) is 6.15. The van der Waals surface area contributed by atoms with Crippen molar-refractivity contribution in [1.82, 2.24) is 0 Å².